The fraction of sp³-hybridized carbons (Fsp3) is 0.462. The number of rotatable bonds is 3. The van der Waals surface area contributed by atoms with Crippen LogP contribution in [0.1, 0.15) is 36.3 Å². The predicted molar refractivity (Wildman–Crippen MR) is 60.1 cm³/mol. The molecule has 1 aliphatic carbocycles. The van der Waals surface area contributed by atoms with Gasteiger partial charge < -0.3 is 10.2 Å². The van der Waals surface area contributed by atoms with Crippen molar-refractivity contribution in [2.45, 2.75) is 31.8 Å². The molecule has 2 rings (SSSR count). The van der Waals surface area contributed by atoms with Crippen molar-refractivity contribution in [3.63, 3.8) is 0 Å². The third-order valence-corrected chi connectivity index (χ3v) is 3.42. The van der Waals surface area contributed by atoms with Gasteiger partial charge in [0.25, 0.3) is 0 Å². The van der Waals surface area contributed by atoms with Crippen molar-refractivity contribution < 1.29 is 15.0 Å². The van der Waals surface area contributed by atoms with Crippen LogP contribution in [0, 0.1) is 5.92 Å². The summed E-state index contributed by atoms with van der Waals surface area (Å²) in [5, 5.41) is 18.0. The molecule has 0 bridgehead atoms. The van der Waals surface area contributed by atoms with Crippen LogP contribution in [0.25, 0.3) is 0 Å². The molecule has 1 aliphatic rings. The smallest absolute Gasteiger partial charge is 0.307 e. The molecule has 16 heavy (non-hydrogen) atoms. The number of aliphatic carboxylic acids is 1. The van der Waals surface area contributed by atoms with Crippen molar-refractivity contribution in [3.05, 3.63) is 35.4 Å². The lowest BCUT2D eigenvalue weighted by molar-refractivity contribution is -0.142. The summed E-state index contributed by atoms with van der Waals surface area (Å²) in [5.74, 6) is -0.779. The zero-order chi connectivity index (χ0) is 11.5. The van der Waals surface area contributed by atoms with Gasteiger partial charge in [0.15, 0.2) is 0 Å². The second-order valence-corrected chi connectivity index (χ2v) is 4.38. The highest BCUT2D eigenvalue weighted by Crippen LogP contribution is 2.39. The van der Waals surface area contributed by atoms with Crippen LogP contribution in [-0.4, -0.2) is 16.2 Å². The minimum absolute atomic E-state index is 0.0350. The van der Waals surface area contributed by atoms with Crippen molar-refractivity contribution in [1.82, 2.24) is 0 Å². The number of carboxylic acid groups (broad SMARTS) is 1. The van der Waals surface area contributed by atoms with Crippen molar-refractivity contribution >= 4 is 5.97 Å². The van der Waals surface area contributed by atoms with E-state index in [1.54, 1.807) is 0 Å². The minimum Gasteiger partial charge on any atom is -0.481 e. The van der Waals surface area contributed by atoms with Gasteiger partial charge in [-0.2, -0.15) is 0 Å². The first-order valence-electron chi connectivity index (χ1n) is 5.65. The molecule has 2 unspecified atom stereocenters. The van der Waals surface area contributed by atoms with Crippen LogP contribution in [0.5, 0.6) is 0 Å². The van der Waals surface area contributed by atoms with Gasteiger partial charge in [0.2, 0.25) is 0 Å². The summed E-state index contributed by atoms with van der Waals surface area (Å²) in [6.07, 6.45) is 2.72. The fourth-order valence-corrected chi connectivity index (χ4v) is 2.52. The van der Waals surface area contributed by atoms with E-state index in [9.17, 15) is 4.79 Å². The number of carboxylic acids is 1. The van der Waals surface area contributed by atoms with Gasteiger partial charge in [-0.15, -0.1) is 0 Å². The Hall–Kier alpha value is -1.35. The van der Waals surface area contributed by atoms with Crippen molar-refractivity contribution in [3.8, 4) is 0 Å². The first-order chi connectivity index (χ1) is 7.72. The Kier molecular flexibility index (Phi) is 3.25. The lowest BCUT2D eigenvalue weighted by atomic mass is 9.88. The fourth-order valence-electron chi connectivity index (χ4n) is 2.52. The zero-order valence-corrected chi connectivity index (χ0v) is 9.10. The molecule has 0 aliphatic heterocycles. The third kappa shape index (κ3) is 2.09. The molecule has 0 radical (unpaired) electrons. The maximum Gasteiger partial charge on any atom is 0.307 e. The van der Waals surface area contributed by atoms with Crippen LogP contribution in [0.3, 0.4) is 0 Å². The molecule has 3 heteroatoms. The van der Waals surface area contributed by atoms with Gasteiger partial charge in [0.05, 0.1) is 12.5 Å². The molecule has 0 amide bonds. The zero-order valence-electron chi connectivity index (χ0n) is 9.10. The van der Waals surface area contributed by atoms with E-state index < -0.39 is 5.97 Å². The van der Waals surface area contributed by atoms with E-state index in [1.165, 1.54) is 0 Å². The van der Waals surface area contributed by atoms with E-state index >= 15 is 0 Å². The minimum atomic E-state index is -0.686. The molecular formula is C13H16O3. The monoisotopic (exact) mass is 220 g/mol. The second-order valence-electron chi connectivity index (χ2n) is 4.38. The SMILES string of the molecule is O=C(O)C1CCCC1c1ccc(CO)cc1. The summed E-state index contributed by atoms with van der Waals surface area (Å²) < 4.78 is 0. The van der Waals surface area contributed by atoms with E-state index in [-0.39, 0.29) is 18.4 Å². The quantitative estimate of drug-likeness (QED) is 0.820. The summed E-state index contributed by atoms with van der Waals surface area (Å²) in [7, 11) is 0. The largest absolute Gasteiger partial charge is 0.481 e. The standard InChI is InChI=1S/C13H16O3/c14-8-9-4-6-10(7-5-9)11-2-1-3-12(11)13(15)16/h4-7,11-12,14H,1-3,8H2,(H,15,16). The van der Waals surface area contributed by atoms with Crippen molar-refractivity contribution in [2.24, 2.45) is 5.92 Å². The molecule has 0 spiro atoms. The molecule has 1 aromatic rings. The summed E-state index contributed by atoms with van der Waals surface area (Å²) in [6.45, 7) is 0.0350. The Labute approximate surface area is 94.7 Å². The summed E-state index contributed by atoms with van der Waals surface area (Å²) in [6, 6.07) is 7.62. The van der Waals surface area contributed by atoms with Crippen LogP contribution >= 0.6 is 0 Å². The number of aliphatic hydroxyl groups is 1. The first kappa shape index (κ1) is 11.1. The van der Waals surface area contributed by atoms with Gasteiger partial charge in [-0.05, 0) is 29.9 Å². The number of hydrogen-bond acceptors (Lipinski definition) is 2. The van der Waals surface area contributed by atoms with Crippen LogP contribution in [0.2, 0.25) is 0 Å². The van der Waals surface area contributed by atoms with Gasteiger partial charge in [0.1, 0.15) is 0 Å². The predicted octanol–water partition coefficient (Wildman–Crippen LogP) is 2.15. The van der Waals surface area contributed by atoms with E-state index in [0.717, 1.165) is 30.4 Å². The van der Waals surface area contributed by atoms with Gasteiger partial charge in [-0.1, -0.05) is 30.7 Å². The molecule has 2 atom stereocenters. The summed E-state index contributed by atoms with van der Waals surface area (Å²) in [5.41, 5.74) is 1.95. The molecule has 1 aromatic carbocycles. The topological polar surface area (TPSA) is 57.5 Å². The average molecular weight is 220 g/mol. The molecule has 0 saturated heterocycles. The number of carbonyl (C=O) groups is 1. The van der Waals surface area contributed by atoms with Crippen LogP contribution < -0.4 is 0 Å². The van der Waals surface area contributed by atoms with Gasteiger partial charge in [0, 0.05) is 0 Å². The van der Waals surface area contributed by atoms with Gasteiger partial charge in [-0.3, -0.25) is 4.79 Å². The highest BCUT2D eigenvalue weighted by Gasteiger charge is 2.33. The summed E-state index contributed by atoms with van der Waals surface area (Å²) in [4.78, 5) is 11.1. The second kappa shape index (κ2) is 4.66. The van der Waals surface area contributed by atoms with Crippen LogP contribution in [0.15, 0.2) is 24.3 Å². The molecule has 1 fully saturated rings. The molecule has 3 nitrogen and oxygen atoms in total. The van der Waals surface area contributed by atoms with Gasteiger partial charge >= 0.3 is 5.97 Å². The third-order valence-electron chi connectivity index (χ3n) is 3.42. The van der Waals surface area contributed by atoms with Gasteiger partial charge in [-0.25, -0.2) is 0 Å². The van der Waals surface area contributed by atoms with E-state index in [2.05, 4.69) is 0 Å². The molecule has 1 saturated carbocycles. The maximum absolute atomic E-state index is 11.1. The molecule has 2 N–H and O–H groups in total. The molecule has 86 valence electrons. The Balaban J connectivity index is 2.19. The van der Waals surface area contributed by atoms with Crippen LogP contribution in [0.4, 0.5) is 0 Å². The highest BCUT2D eigenvalue weighted by atomic mass is 16.4. The molecule has 0 aromatic heterocycles. The van der Waals surface area contributed by atoms with Crippen LogP contribution in [-0.2, 0) is 11.4 Å². The van der Waals surface area contributed by atoms with Crippen molar-refractivity contribution in [2.75, 3.05) is 0 Å². The highest BCUT2D eigenvalue weighted by molar-refractivity contribution is 5.71. The maximum atomic E-state index is 11.1. The van der Waals surface area contributed by atoms with E-state index in [0.29, 0.717) is 0 Å². The summed E-state index contributed by atoms with van der Waals surface area (Å²) >= 11 is 0. The average Bonchev–Trinajstić information content (AvgIpc) is 2.78. The Morgan fingerprint density at radius 2 is 1.94 bits per heavy atom. The molecular weight excluding hydrogens is 204 g/mol. The lowest BCUT2D eigenvalue weighted by Crippen LogP contribution is -2.16. The first-order valence-corrected chi connectivity index (χ1v) is 5.65. The van der Waals surface area contributed by atoms with E-state index in [4.69, 9.17) is 10.2 Å². The Morgan fingerprint density at radius 1 is 1.25 bits per heavy atom. The normalized spacial score (nSPS) is 24.6. The van der Waals surface area contributed by atoms with E-state index in [1.807, 2.05) is 24.3 Å². The molecule has 0 heterocycles. The number of hydrogen-bond donors (Lipinski definition) is 2. The number of benzene rings is 1. The number of aliphatic hydroxyl groups excluding tert-OH is 1. The van der Waals surface area contributed by atoms with Crippen molar-refractivity contribution in [1.29, 1.82) is 0 Å². The Morgan fingerprint density at radius 3 is 2.50 bits per heavy atom. The lowest BCUT2D eigenvalue weighted by Gasteiger charge is -2.16. The Bertz CT molecular complexity index is 369.